The average Bonchev–Trinajstić information content (AvgIpc) is 2.81. The molecule has 0 bridgehead atoms. The zero-order valence-corrected chi connectivity index (χ0v) is 10.9. The summed E-state index contributed by atoms with van der Waals surface area (Å²) < 4.78 is 3.75. The molecular formula is C11H20N4S. The first-order valence-corrected chi connectivity index (χ1v) is 6.85. The third-order valence-corrected chi connectivity index (χ3v) is 4.26. The molecule has 90 valence electrons. The minimum atomic E-state index is 0.339. The molecule has 1 aliphatic rings. The Labute approximate surface area is 101 Å². The van der Waals surface area contributed by atoms with E-state index in [2.05, 4.69) is 34.0 Å². The molecule has 0 unspecified atom stereocenters. The molecule has 1 aromatic heterocycles. The van der Waals surface area contributed by atoms with Gasteiger partial charge < -0.3 is 5.32 Å². The maximum atomic E-state index is 3.91. The molecule has 0 atom stereocenters. The van der Waals surface area contributed by atoms with E-state index >= 15 is 0 Å². The number of anilines is 1. The minimum absolute atomic E-state index is 0.339. The molecule has 1 aromatic rings. The van der Waals surface area contributed by atoms with E-state index in [9.17, 15) is 0 Å². The molecule has 16 heavy (non-hydrogen) atoms. The Bertz CT molecular complexity index is 304. The first kappa shape index (κ1) is 11.8. The van der Waals surface area contributed by atoms with E-state index in [1.54, 1.807) is 0 Å². The van der Waals surface area contributed by atoms with Crippen molar-refractivity contribution in [1.82, 2.24) is 14.8 Å². The molecule has 1 N–H and O–H groups in total. The standard InChI is InChI=1S/C11H20N4S/c1-11(2,9-6-4-3-5-7-9)8-12-10-13-14-15-16-10/h9H,3-8H2,1-2H3,(H,12,13,15). The summed E-state index contributed by atoms with van der Waals surface area (Å²) in [6.45, 7) is 5.67. The number of nitrogens with zero attached hydrogens (tertiary/aromatic N) is 3. The second kappa shape index (κ2) is 5.08. The fraction of sp³-hybridized carbons (Fsp3) is 0.909. The Morgan fingerprint density at radius 1 is 1.31 bits per heavy atom. The summed E-state index contributed by atoms with van der Waals surface area (Å²) in [4.78, 5) is 0. The predicted octanol–water partition coefficient (Wildman–Crippen LogP) is 2.95. The summed E-state index contributed by atoms with van der Waals surface area (Å²) >= 11 is 1.33. The minimum Gasteiger partial charge on any atom is -0.358 e. The third-order valence-electron chi connectivity index (χ3n) is 3.70. The Morgan fingerprint density at radius 3 is 2.69 bits per heavy atom. The van der Waals surface area contributed by atoms with Crippen LogP contribution in [0.3, 0.4) is 0 Å². The molecule has 0 aromatic carbocycles. The summed E-state index contributed by atoms with van der Waals surface area (Å²) in [6, 6.07) is 0. The molecule has 1 saturated carbocycles. The number of hydrogen-bond donors (Lipinski definition) is 1. The zero-order valence-electron chi connectivity index (χ0n) is 10.1. The SMILES string of the molecule is CC(C)(CNc1nnns1)C1CCCCC1. The summed E-state index contributed by atoms with van der Waals surface area (Å²) in [6.07, 6.45) is 6.97. The first-order valence-electron chi connectivity index (χ1n) is 6.07. The van der Waals surface area contributed by atoms with Crippen molar-refractivity contribution in [2.24, 2.45) is 11.3 Å². The van der Waals surface area contributed by atoms with Crippen molar-refractivity contribution < 1.29 is 0 Å². The highest BCUT2D eigenvalue weighted by molar-refractivity contribution is 7.09. The van der Waals surface area contributed by atoms with Crippen molar-refractivity contribution in [2.45, 2.75) is 46.0 Å². The molecule has 1 aliphatic carbocycles. The van der Waals surface area contributed by atoms with Crippen molar-refractivity contribution in [1.29, 1.82) is 0 Å². The Hall–Kier alpha value is -0.710. The molecule has 0 radical (unpaired) electrons. The van der Waals surface area contributed by atoms with Crippen LogP contribution >= 0.6 is 11.5 Å². The van der Waals surface area contributed by atoms with Gasteiger partial charge in [-0.25, -0.2) is 0 Å². The summed E-state index contributed by atoms with van der Waals surface area (Å²) in [5, 5.41) is 11.7. The fourth-order valence-electron chi connectivity index (χ4n) is 2.53. The van der Waals surface area contributed by atoms with Gasteiger partial charge >= 0.3 is 0 Å². The van der Waals surface area contributed by atoms with Gasteiger partial charge in [0.15, 0.2) is 0 Å². The predicted molar refractivity (Wildman–Crippen MR) is 66.5 cm³/mol. The van der Waals surface area contributed by atoms with Gasteiger partial charge in [-0.15, -0.1) is 0 Å². The van der Waals surface area contributed by atoms with Gasteiger partial charge in [0.25, 0.3) is 0 Å². The molecule has 0 saturated heterocycles. The maximum absolute atomic E-state index is 3.91. The molecule has 0 spiro atoms. The summed E-state index contributed by atoms with van der Waals surface area (Å²) in [5.74, 6) is 0.842. The number of rotatable bonds is 4. The van der Waals surface area contributed by atoms with Gasteiger partial charge in [-0.2, -0.15) is 0 Å². The molecule has 4 nitrogen and oxygen atoms in total. The van der Waals surface area contributed by atoms with Crippen molar-refractivity contribution >= 4 is 16.7 Å². The maximum Gasteiger partial charge on any atom is 0.225 e. The highest BCUT2D eigenvalue weighted by Gasteiger charge is 2.30. The quantitative estimate of drug-likeness (QED) is 0.879. The first-order chi connectivity index (χ1) is 7.68. The van der Waals surface area contributed by atoms with E-state index in [1.165, 1.54) is 43.6 Å². The smallest absolute Gasteiger partial charge is 0.225 e. The second-order valence-electron chi connectivity index (χ2n) is 5.34. The van der Waals surface area contributed by atoms with Gasteiger partial charge in [0.05, 0.1) is 0 Å². The van der Waals surface area contributed by atoms with Crippen LogP contribution in [0.4, 0.5) is 5.13 Å². The molecule has 1 heterocycles. The van der Waals surface area contributed by atoms with Crippen molar-refractivity contribution in [3.8, 4) is 0 Å². The van der Waals surface area contributed by atoms with Crippen molar-refractivity contribution in [2.75, 3.05) is 11.9 Å². The highest BCUT2D eigenvalue weighted by Crippen LogP contribution is 2.38. The van der Waals surface area contributed by atoms with Crippen LogP contribution in [-0.4, -0.2) is 21.3 Å². The van der Waals surface area contributed by atoms with Crippen LogP contribution in [0.15, 0.2) is 0 Å². The van der Waals surface area contributed by atoms with Gasteiger partial charge in [-0.05, 0) is 29.4 Å². The van der Waals surface area contributed by atoms with Crippen LogP contribution in [0, 0.1) is 11.3 Å². The van der Waals surface area contributed by atoms with E-state index in [0.717, 1.165) is 17.6 Å². The zero-order chi connectivity index (χ0) is 11.4. The Kier molecular flexibility index (Phi) is 3.74. The molecular weight excluding hydrogens is 220 g/mol. The summed E-state index contributed by atoms with van der Waals surface area (Å²) in [5.41, 5.74) is 0.339. The topological polar surface area (TPSA) is 50.7 Å². The lowest BCUT2D eigenvalue weighted by atomic mass is 9.71. The van der Waals surface area contributed by atoms with Crippen LogP contribution in [0.1, 0.15) is 46.0 Å². The highest BCUT2D eigenvalue weighted by atomic mass is 32.1. The molecule has 0 aliphatic heterocycles. The molecule has 1 fully saturated rings. The monoisotopic (exact) mass is 240 g/mol. The number of aromatic nitrogens is 3. The Morgan fingerprint density at radius 2 is 2.06 bits per heavy atom. The van der Waals surface area contributed by atoms with E-state index in [4.69, 9.17) is 0 Å². The van der Waals surface area contributed by atoms with Crippen molar-refractivity contribution in [3.63, 3.8) is 0 Å². The molecule has 2 rings (SSSR count). The van der Waals surface area contributed by atoms with Crippen LogP contribution in [0.2, 0.25) is 0 Å². The molecule has 5 heteroatoms. The van der Waals surface area contributed by atoms with Crippen LogP contribution < -0.4 is 5.32 Å². The van der Waals surface area contributed by atoms with E-state index in [1.807, 2.05) is 0 Å². The Balaban J connectivity index is 1.86. The van der Waals surface area contributed by atoms with E-state index in [0.29, 0.717) is 5.41 Å². The normalized spacial score (nSPS) is 18.6. The van der Waals surface area contributed by atoms with Gasteiger partial charge in [-0.1, -0.05) is 42.7 Å². The van der Waals surface area contributed by atoms with E-state index < -0.39 is 0 Å². The lowest BCUT2D eigenvalue weighted by molar-refractivity contribution is 0.172. The van der Waals surface area contributed by atoms with Gasteiger partial charge in [0.2, 0.25) is 5.13 Å². The second-order valence-corrected chi connectivity index (χ2v) is 6.08. The van der Waals surface area contributed by atoms with E-state index in [-0.39, 0.29) is 0 Å². The van der Waals surface area contributed by atoms with Crippen molar-refractivity contribution in [3.05, 3.63) is 0 Å². The van der Waals surface area contributed by atoms with Gasteiger partial charge in [0, 0.05) is 18.1 Å². The van der Waals surface area contributed by atoms with Crippen LogP contribution in [0.25, 0.3) is 0 Å². The number of hydrogen-bond acceptors (Lipinski definition) is 5. The lowest BCUT2D eigenvalue weighted by Crippen LogP contribution is -2.33. The summed E-state index contributed by atoms with van der Waals surface area (Å²) in [7, 11) is 0. The largest absolute Gasteiger partial charge is 0.358 e. The third kappa shape index (κ3) is 2.90. The average molecular weight is 240 g/mol. The lowest BCUT2D eigenvalue weighted by Gasteiger charge is -2.37. The van der Waals surface area contributed by atoms with Gasteiger partial charge in [-0.3, -0.25) is 0 Å². The van der Waals surface area contributed by atoms with Crippen LogP contribution in [0.5, 0.6) is 0 Å². The van der Waals surface area contributed by atoms with Gasteiger partial charge in [0.1, 0.15) is 0 Å². The fourth-order valence-corrected chi connectivity index (χ4v) is 2.89. The molecule has 0 amide bonds. The van der Waals surface area contributed by atoms with Crippen LogP contribution in [-0.2, 0) is 0 Å². The number of nitrogens with one attached hydrogen (secondary N) is 1.